The normalized spacial score (nSPS) is 19.9. The van der Waals surface area contributed by atoms with Crippen LogP contribution in [-0.2, 0) is 16.1 Å². The molecule has 0 bridgehead atoms. The Morgan fingerprint density at radius 2 is 1.93 bits per heavy atom. The average Bonchev–Trinajstić information content (AvgIpc) is 3.36. The van der Waals surface area contributed by atoms with Crippen molar-refractivity contribution in [3.05, 3.63) is 65.7 Å². The number of amides is 2. The summed E-state index contributed by atoms with van der Waals surface area (Å²) in [5.41, 5.74) is 3.31. The van der Waals surface area contributed by atoms with Crippen molar-refractivity contribution in [1.29, 1.82) is 0 Å². The Kier molecular flexibility index (Phi) is 5.72. The van der Waals surface area contributed by atoms with Crippen LogP contribution in [0.15, 0.2) is 54.6 Å². The number of nitrogens with zero attached hydrogens (tertiary/aromatic N) is 2. The van der Waals surface area contributed by atoms with E-state index in [1.54, 1.807) is 0 Å². The van der Waals surface area contributed by atoms with Gasteiger partial charge in [-0.1, -0.05) is 42.5 Å². The summed E-state index contributed by atoms with van der Waals surface area (Å²) in [5, 5.41) is 3.03. The van der Waals surface area contributed by atoms with Gasteiger partial charge in [-0.25, -0.2) is 0 Å². The van der Waals surface area contributed by atoms with E-state index in [1.807, 2.05) is 35.2 Å². The molecule has 5 nitrogen and oxygen atoms in total. The number of nitrogens with one attached hydrogen (secondary N) is 1. The van der Waals surface area contributed by atoms with Crippen molar-refractivity contribution in [2.45, 2.75) is 31.7 Å². The molecule has 2 aliphatic heterocycles. The van der Waals surface area contributed by atoms with Gasteiger partial charge >= 0.3 is 0 Å². The van der Waals surface area contributed by atoms with Crippen molar-refractivity contribution < 1.29 is 9.59 Å². The molecule has 1 N–H and O–H groups in total. The second-order valence-electron chi connectivity index (χ2n) is 7.73. The Bertz CT molecular complexity index is 837. The van der Waals surface area contributed by atoms with Gasteiger partial charge in [0, 0.05) is 31.7 Å². The Morgan fingerprint density at radius 3 is 2.71 bits per heavy atom. The highest BCUT2D eigenvalue weighted by atomic mass is 16.2. The number of rotatable bonds is 6. The molecule has 28 heavy (non-hydrogen) atoms. The van der Waals surface area contributed by atoms with Gasteiger partial charge in [0.15, 0.2) is 0 Å². The fourth-order valence-corrected chi connectivity index (χ4v) is 4.19. The molecule has 2 aromatic carbocycles. The highest BCUT2D eigenvalue weighted by Gasteiger charge is 2.25. The van der Waals surface area contributed by atoms with Crippen LogP contribution in [0.5, 0.6) is 0 Å². The fourth-order valence-electron chi connectivity index (χ4n) is 4.19. The minimum atomic E-state index is 0.0522. The van der Waals surface area contributed by atoms with Gasteiger partial charge < -0.3 is 10.2 Å². The number of carbonyl (C=O) groups is 2. The number of hydrogen-bond donors (Lipinski definition) is 1. The first-order valence-corrected chi connectivity index (χ1v) is 10.1. The van der Waals surface area contributed by atoms with Crippen molar-refractivity contribution >= 4 is 17.5 Å². The molecular weight excluding hydrogens is 350 g/mol. The number of likely N-dealkylation sites (tertiary alicyclic amines) is 1. The molecule has 2 aliphatic rings. The predicted molar refractivity (Wildman–Crippen MR) is 110 cm³/mol. The third kappa shape index (κ3) is 4.42. The second-order valence-corrected chi connectivity index (χ2v) is 7.73. The summed E-state index contributed by atoms with van der Waals surface area (Å²) in [6.07, 6.45) is 2.64. The molecule has 2 aromatic rings. The van der Waals surface area contributed by atoms with Crippen molar-refractivity contribution in [3.8, 4) is 0 Å². The summed E-state index contributed by atoms with van der Waals surface area (Å²) in [4.78, 5) is 28.4. The quantitative estimate of drug-likeness (QED) is 0.842. The molecule has 2 heterocycles. The van der Waals surface area contributed by atoms with E-state index >= 15 is 0 Å². The molecule has 0 aliphatic carbocycles. The standard InChI is InChI=1S/C23H27N3O2/c27-22(17-25-13-11-20(16-25)19-7-2-1-3-8-19)24-15-18-6-4-9-21(14-18)26-12-5-10-23(26)28/h1-4,6-9,14,20H,5,10-13,15-17H2,(H,24,27)/t20-/m1/s1. The molecule has 0 aromatic heterocycles. The van der Waals surface area contributed by atoms with Gasteiger partial charge in [-0.3, -0.25) is 14.5 Å². The van der Waals surface area contributed by atoms with Crippen LogP contribution in [0.3, 0.4) is 0 Å². The molecular formula is C23H27N3O2. The number of carbonyl (C=O) groups excluding carboxylic acids is 2. The Balaban J connectivity index is 1.27. The van der Waals surface area contributed by atoms with Gasteiger partial charge in [0.1, 0.15) is 0 Å². The Morgan fingerprint density at radius 1 is 1.07 bits per heavy atom. The van der Waals surface area contributed by atoms with Crippen molar-refractivity contribution in [2.24, 2.45) is 0 Å². The molecule has 2 saturated heterocycles. The lowest BCUT2D eigenvalue weighted by atomic mass is 9.99. The second kappa shape index (κ2) is 8.57. The topological polar surface area (TPSA) is 52.7 Å². The van der Waals surface area contributed by atoms with E-state index in [9.17, 15) is 9.59 Å². The number of anilines is 1. The first-order chi connectivity index (χ1) is 13.7. The van der Waals surface area contributed by atoms with Gasteiger partial charge in [-0.2, -0.15) is 0 Å². The van der Waals surface area contributed by atoms with E-state index < -0.39 is 0 Å². The number of hydrogen-bond acceptors (Lipinski definition) is 3. The van der Waals surface area contributed by atoms with Gasteiger partial charge in [0.25, 0.3) is 0 Å². The summed E-state index contributed by atoms with van der Waals surface area (Å²) in [6.45, 7) is 3.61. The van der Waals surface area contributed by atoms with Crippen molar-refractivity contribution in [1.82, 2.24) is 10.2 Å². The maximum atomic E-state index is 12.4. The van der Waals surface area contributed by atoms with Crippen molar-refractivity contribution in [3.63, 3.8) is 0 Å². The zero-order valence-corrected chi connectivity index (χ0v) is 16.1. The monoisotopic (exact) mass is 377 g/mol. The van der Waals surface area contributed by atoms with Crippen LogP contribution in [0, 0.1) is 0 Å². The molecule has 0 radical (unpaired) electrons. The van der Waals surface area contributed by atoms with Gasteiger partial charge in [-0.05, 0) is 48.6 Å². The molecule has 146 valence electrons. The zero-order chi connectivity index (χ0) is 19.3. The van der Waals surface area contributed by atoms with Crippen LogP contribution in [0.1, 0.15) is 36.3 Å². The van der Waals surface area contributed by atoms with Crippen LogP contribution in [0.4, 0.5) is 5.69 Å². The van der Waals surface area contributed by atoms with E-state index in [0.29, 0.717) is 25.4 Å². The summed E-state index contributed by atoms with van der Waals surface area (Å²) in [7, 11) is 0. The molecule has 0 spiro atoms. The smallest absolute Gasteiger partial charge is 0.234 e. The lowest BCUT2D eigenvalue weighted by Crippen LogP contribution is -2.35. The molecule has 2 amide bonds. The lowest BCUT2D eigenvalue weighted by Gasteiger charge is -2.18. The summed E-state index contributed by atoms with van der Waals surface area (Å²) < 4.78 is 0. The van der Waals surface area contributed by atoms with E-state index in [-0.39, 0.29) is 11.8 Å². The first kappa shape index (κ1) is 18.7. The molecule has 4 rings (SSSR count). The highest BCUT2D eigenvalue weighted by Crippen LogP contribution is 2.26. The Labute approximate surface area is 166 Å². The molecule has 1 atom stereocenters. The van der Waals surface area contributed by atoms with Gasteiger partial charge in [-0.15, -0.1) is 0 Å². The highest BCUT2D eigenvalue weighted by molar-refractivity contribution is 5.95. The van der Waals surface area contributed by atoms with E-state index in [4.69, 9.17) is 0 Å². The van der Waals surface area contributed by atoms with E-state index in [2.05, 4.69) is 34.5 Å². The maximum Gasteiger partial charge on any atom is 0.234 e. The SMILES string of the molecule is O=C(CN1CC[C@@H](c2ccccc2)C1)NCc1cccc(N2CCCC2=O)c1. The van der Waals surface area contributed by atoms with Gasteiger partial charge in [0.05, 0.1) is 6.54 Å². The van der Waals surface area contributed by atoms with E-state index in [0.717, 1.165) is 43.7 Å². The van der Waals surface area contributed by atoms with Crippen LogP contribution in [0.2, 0.25) is 0 Å². The minimum absolute atomic E-state index is 0.0522. The summed E-state index contributed by atoms with van der Waals surface area (Å²) >= 11 is 0. The molecule has 0 saturated carbocycles. The molecule has 0 unspecified atom stereocenters. The largest absolute Gasteiger partial charge is 0.351 e. The van der Waals surface area contributed by atoms with Crippen LogP contribution < -0.4 is 10.2 Å². The van der Waals surface area contributed by atoms with Crippen molar-refractivity contribution in [2.75, 3.05) is 31.1 Å². The summed E-state index contributed by atoms with van der Waals surface area (Å²) in [5.74, 6) is 0.753. The average molecular weight is 377 g/mol. The zero-order valence-electron chi connectivity index (χ0n) is 16.1. The lowest BCUT2D eigenvalue weighted by molar-refractivity contribution is -0.122. The third-order valence-electron chi connectivity index (χ3n) is 5.70. The third-order valence-corrected chi connectivity index (χ3v) is 5.70. The van der Waals surface area contributed by atoms with Crippen LogP contribution in [-0.4, -0.2) is 42.9 Å². The maximum absolute atomic E-state index is 12.4. The number of benzene rings is 2. The van der Waals surface area contributed by atoms with Crippen LogP contribution >= 0.6 is 0 Å². The van der Waals surface area contributed by atoms with Gasteiger partial charge in [0.2, 0.25) is 11.8 Å². The summed E-state index contributed by atoms with van der Waals surface area (Å²) in [6, 6.07) is 18.5. The Hall–Kier alpha value is -2.66. The predicted octanol–water partition coefficient (Wildman–Crippen LogP) is 2.92. The van der Waals surface area contributed by atoms with E-state index in [1.165, 1.54) is 5.56 Å². The van der Waals surface area contributed by atoms with Crippen LogP contribution in [0.25, 0.3) is 0 Å². The fraction of sp³-hybridized carbons (Fsp3) is 0.391. The molecule has 5 heteroatoms. The first-order valence-electron chi connectivity index (χ1n) is 10.1. The minimum Gasteiger partial charge on any atom is -0.351 e. The molecule has 2 fully saturated rings.